The Morgan fingerprint density at radius 2 is 1.64 bits per heavy atom. The third kappa shape index (κ3) is 2.95. The van der Waals surface area contributed by atoms with Crippen molar-refractivity contribution in [3.63, 3.8) is 0 Å². The number of pyridine rings is 1. The molecule has 5 nitrogen and oxygen atoms in total. The van der Waals surface area contributed by atoms with Gasteiger partial charge in [-0.05, 0) is 17.2 Å². The highest BCUT2D eigenvalue weighted by atomic mass is 16.6. The van der Waals surface area contributed by atoms with Crippen LogP contribution in [0.5, 0.6) is 0 Å². The molecule has 0 amide bonds. The molecule has 0 saturated carbocycles. The minimum atomic E-state index is -0.110. The van der Waals surface area contributed by atoms with Gasteiger partial charge in [0.2, 0.25) is 0 Å². The van der Waals surface area contributed by atoms with Crippen molar-refractivity contribution in [3.8, 4) is 0 Å². The number of H-pyrrole nitrogens is 1. The molecule has 0 aliphatic carbocycles. The van der Waals surface area contributed by atoms with Gasteiger partial charge in [-0.1, -0.05) is 60.7 Å². The molecular formula is C23H21N3O2. The number of hydrogen-bond acceptors (Lipinski definition) is 3. The fourth-order valence-corrected chi connectivity index (χ4v) is 3.84. The molecule has 1 aliphatic heterocycles. The first-order valence-corrected chi connectivity index (χ1v) is 9.40. The molecular weight excluding hydrogens is 350 g/mol. The molecule has 4 aromatic rings. The second kappa shape index (κ2) is 6.78. The molecule has 2 aromatic heterocycles. The molecule has 2 N–H and O–H groups in total. The van der Waals surface area contributed by atoms with Crippen LogP contribution in [0.4, 0.5) is 0 Å². The van der Waals surface area contributed by atoms with E-state index in [9.17, 15) is 4.79 Å². The minimum absolute atomic E-state index is 0.0274. The zero-order valence-corrected chi connectivity index (χ0v) is 15.5. The summed E-state index contributed by atoms with van der Waals surface area (Å²) in [4.78, 5) is 15.3. The van der Waals surface area contributed by atoms with Crippen LogP contribution >= 0.6 is 0 Å². The molecule has 3 heterocycles. The molecule has 140 valence electrons. The molecule has 1 saturated heterocycles. The number of aromatic amines is 1. The lowest BCUT2D eigenvalue weighted by atomic mass is 9.98. The third-order valence-corrected chi connectivity index (χ3v) is 5.32. The van der Waals surface area contributed by atoms with Gasteiger partial charge in [-0.25, -0.2) is 0 Å². The molecule has 0 bridgehead atoms. The average molecular weight is 371 g/mol. The van der Waals surface area contributed by atoms with Gasteiger partial charge in [0.15, 0.2) is 0 Å². The highest BCUT2D eigenvalue weighted by Gasteiger charge is 2.43. The van der Waals surface area contributed by atoms with Crippen molar-refractivity contribution in [2.75, 3.05) is 0 Å². The summed E-state index contributed by atoms with van der Waals surface area (Å²) < 4.78 is 7.62. The number of benzene rings is 2. The van der Waals surface area contributed by atoms with Gasteiger partial charge in [0.1, 0.15) is 17.8 Å². The SMILES string of the molecule is Cn1cc(C2OC2NC(c2ccccc2)c2ccccc2)c2cc[nH]c2c1=O. The number of ether oxygens (including phenoxy) is 1. The van der Waals surface area contributed by atoms with Crippen molar-refractivity contribution in [2.45, 2.75) is 18.4 Å². The zero-order chi connectivity index (χ0) is 19.1. The molecule has 5 rings (SSSR count). The van der Waals surface area contributed by atoms with Crippen LogP contribution in [0.1, 0.15) is 28.8 Å². The predicted molar refractivity (Wildman–Crippen MR) is 109 cm³/mol. The maximum absolute atomic E-state index is 12.3. The molecule has 1 aliphatic rings. The first kappa shape index (κ1) is 17.0. The Kier molecular flexibility index (Phi) is 4.11. The van der Waals surface area contributed by atoms with Gasteiger partial charge in [0, 0.05) is 30.4 Å². The topological polar surface area (TPSA) is 62.4 Å². The maximum Gasteiger partial charge on any atom is 0.274 e. The van der Waals surface area contributed by atoms with E-state index < -0.39 is 0 Å². The van der Waals surface area contributed by atoms with Crippen molar-refractivity contribution >= 4 is 10.9 Å². The van der Waals surface area contributed by atoms with Gasteiger partial charge >= 0.3 is 0 Å². The van der Waals surface area contributed by atoms with Gasteiger partial charge in [-0.3, -0.25) is 10.1 Å². The lowest BCUT2D eigenvalue weighted by Gasteiger charge is -2.19. The van der Waals surface area contributed by atoms with Crippen molar-refractivity contribution in [3.05, 3.63) is 106 Å². The van der Waals surface area contributed by atoms with Crippen molar-refractivity contribution in [2.24, 2.45) is 7.05 Å². The summed E-state index contributed by atoms with van der Waals surface area (Å²) in [5.74, 6) is 0. The molecule has 2 aromatic carbocycles. The second-order valence-electron chi connectivity index (χ2n) is 7.17. The highest BCUT2D eigenvalue weighted by molar-refractivity contribution is 5.82. The first-order valence-electron chi connectivity index (χ1n) is 9.40. The summed E-state index contributed by atoms with van der Waals surface area (Å²) in [6, 6.07) is 22.7. The second-order valence-corrected chi connectivity index (χ2v) is 7.17. The fraction of sp³-hybridized carbons (Fsp3) is 0.174. The Morgan fingerprint density at radius 3 is 2.29 bits per heavy atom. The Bertz CT molecular complexity index is 1130. The smallest absolute Gasteiger partial charge is 0.274 e. The predicted octanol–water partition coefficient (Wildman–Crippen LogP) is 3.64. The summed E-state index contributed by atoms with van der Waals surface area (Å²) in [5.41, 5.74) is 4.00. The molecule has 0 spiro atoms. The number of fused-ring (bicyclic) bond motifs is 1. The maximum atomic E-state index is 12.3. The van der Waals surface area contributed by atoms with Crippen LogP contribution in [-0.4, -0.2) is 15.8 Å². The van der Waals surface area contributed by atoms with Crippen molar-refractivity contribution in [1.29, 1.82) is 0 Å². The first-order chi connectivity index (χ1) is 13.7. The number of aromatic nitrogens is 2. The molecule has 0 radical (unpaired) electrons. The number of hydrogen-bond donors (Lipinski definition) is 2. The summed E-state index contributed by atoms with van der Waals surface area (Å²) >= 11 is 0. The van der Waals surface area contributed by atoms with E-state index in [4.69, 9.17) is 4.74 Å². The monoisotopic (exact) mass is 371 g/mol. The van der Waals surface area contributed by atoms with Crippen LogP contribution in [0, 0.1) is 0 Å². The largest absolute Gasteiger partial charge is 0.357 e. The van der Waals surface area contributed by atoms with Crippen LogP contribution in [-0.2, 0) is 11.8 Å². The highest BCUT2D eigenvalue weighted by Crippen LogP contribution is 2.41. The lowest BCUT2D eigenvalue weighted by molar-refractivity contribution is 0.336. The summed E-state index contributed by atoms with van der Waals surface area (Å²) in [6.07, 6.45) is 3.49. The normalized spacial score (nSPS) is 18.6. The van der Waals surface area contributed by atoms with Crippen molar-refractivity contribution in [1.82, 2.24) is 14.9 Å². The minimum Gasteiger partial charge on any atom is -0.357 e. The van der Waals surface area contributed by atoms with Crippen LogP contribution in [0.25, 0.3) is 10.9 Å². The number of aryl methyl sites for hydroxylation is 1. The molecule has 2 unspecified atom stereocenters. The summed E-state index contributed by atoms with van der Waals surface area (Å²) in [7, 11) is 1.77. The van der Waals surface area contributed by atoms with Gasteiger partial charge in [0.25, 0.3) is 5.56 Å². The third-order valence-electron chi connectivity index (χ3n) is 5.32. The number of epoxide rings is 1. The zero-order valence-electron chi connectivity index (χ0n) is 15.5. The van der Waals surface area contributed by atoms with E-state index in [-0.39, 0.29) is 23.9 Å². The number of nitrogens with one attached hydrogen (secondary N) is 2. The molecule has 1 fully saturated rings. The van der Waals surface area contributed by atoms with Gasteiger partial charge in [-0.2, -0.15) is 0 Å². The van der Waals surface area contributed by atoms with E-state index in [2.05, 4.69) is 58.8 Å². The summed E-state index contributed by atoms with van der Waals surface area (Å²) in [5, 5.41) is 4.57. The van der Waals surface area contributed by atoms with Crippen molar-refractivity contribution < 1.29 is 4.74 Å². The van der Waals surface area contributed by atoms with Gasteiger partial charge in [0.05, 0.1) is 6.04 Å². The Hall–Kier alpha value is -3.15. The molecule has 5 heteroatoms. The fourth-order valence-electron chi connectivity index (χ4n) is 3.84. The standard InChI is InChI=1S/C23H21N3O2/c1-26-14-18(17-12-13-24-20(17)23(26)27)21-22(28-21)25-19(15-8-4-2-5-9-15)16-10-6-3-7-11-16/h2-14,19,21-22,24-25H,1H3. The van der Waals surface area contributed by atoms with E-state index in [1.165, 1.54) is 11.1 Å². The van der Waals surface area contributed by atoms with Gasteiger partial charge < -0.3 is 14.3 Å². The van der Waals surface area contributed by atoms with Crippen LogP contribution in [0.15, 0.2) is 83.9 Å². The van der Waals surface area contributed by atoms with E-state index in [0.717, 1.165) is 10.9 Å². The number of rotatable bonds is 5. The molecule has 28 heavy (non-hydrogen) atoms. The van der Waals surface area contributed by atoms with Crippen LogP contribution in [0.3, 0.4) is 0 Å². The Balaban J connectivity index is 1.46. The van der Waals surface area contributed by atoms with E-state index in [1.807, 2.05) is 24.4 Å². The van der Waals surface area contributed by atoms with Gasteiger partial charge in [-0.15, -0.1) is 0 Å². The quantitative estimate of drug-likeness (QED) is 0.527. The van der Waals surface area contributed by atoms with Crippen LogP contribution < -0.4 is 10.9 Å². The average Bonchev–Trinajstić information content (AvgIpc) is 3.32. The van der Waals surface area contributed by atoms with E-state index in [1.54, 1.807) is 17.8 Å². The number of nitrogens with zero attached hydrogens (tertiary/aromatic N) is 1. The lowest BCUT2D eigenvalue weighted by Crippen LogP contribution is -2.26. The summed E-state index contributed by atoms with van der Waals surface area (Å²) in [6.45, 7) is 0. The Labute approximate surface area is 162 Å². The molecule has 2 atom stereocenters. The van der Waals surface area contributed by atoms with E-state index >= 15 is 0 Å². The van der Waals surface area contributed by atoms with E-state index in [0.29, 0.717) is 5.52 Å². The van der Waals surface area contributed by atoms with Crippen LogP contribution in [0.2, 0.25) is 0 Å². The Morgan fingerprint density at radius 1 is 1.00 bits per heavy atom.